The summed E-state index contributed by atoms with van der Waals surface area (Å²) in [7, 11) is -3.36. The minimum absolute atomic E-state index is 0.214. The Morgan fingerprint density at radius 3 is 2.59 bits per heavy atom. The first-order valence-electron chi connectivity index (χ1n) is 5.91. The Balaban J connectivity index is 1.93. The molecule has 0 radical (unpaired) electrons. The zero-order valence-electron chi connectivity index (χ0n) is 9.72. The predicted octanol–water partition coefficient (Wildman–Crippen LogP) is 0.620. The summed E-state index contributed by atoms with van der Waals surface area (Å²) < 4.78 is 28.1. The van der Waals surface area contributed by atoms with E-state index in [0.29, 0.717) is 18.9 Å². The molecule has 1 aliphatic rings. The molecule has 0 saturated carbocycles. The van der Waals surface area contributed by atoms with E-state index < -0.39 is 10.2 Å². The molecule has 2 N–H and O–H groups in total. The second-order valence-corrected chi connectivity index (χ2v) is 5.93. The third kappa shape index (κ3) is 3.52. The van der Waals surface area contributed by atoms with E-state index in [1.807, 2.05) is 0 Å². The molecule has 17 heavy (non-hydrogen) atoms. The maximum Gasteiger partial charge on any atom is 0.279 e. The molecule has 0 unspecified atom stereocenters. The number of H-pyrrole nitrogens is 1. The Hall–Kier alpha value is -0.920. The van der Waals surface area contributed by atoms with Crippen molar-refractivity contribution < 1.29 is 8.42 Å². The Labute approximate surface area is 102 Å². The standard InChI is InChI=1S/C10H18N4O2S/c15-17(16,13-9-10-11-5-6-12-10)14-7-3-1-2-4-8-14/h5-6,13H,1-4,7-9H2,(H,11,12). The molecule has 1 aromatic heterocycles. The highest BCUT2D eigenvalue weighted by atomic mass is 32.2. The Morgan fingerprint density at radius 1 is 1.29 bits per heavy atom. The van der Waals surface area contributed by atoms with Gasteiger partial charge in [-0.2, -0.15) is 17.4 Å². The van der Waals surface area contributed by atoms with Crippen LogP contribution in [0.25, 0.3) is 0 Å². The van der Waals surface area contributed by atoms with Gasteiger partial charge in [-0.25, -0.2) is 4.98 Å². The third-order valence-corrected chi connectivity index (χ3v) is 4.44. The van der Waals surface area contributed by atoms with Gasteiger partial charge >= 0.3 is 0 Å². The fourth-order valence-corrected chi connectivity index (χ4v) is 3.17. The van der Waals surface area contributed by atoms with Crippen molar-refractivity contribution in [2.24, 2.45) is 0 Å². The molecule has 0 aromatic carbocycles. The molecule has 0 atom stereocenters. The van der Waals surface area contributed by atoms with Crippen LogP contribution in [0.15, 0.2) is 12.4 Å². The van der Waals surface area contributed by atoms with E-state index in [-0.39, 0.29) is 6.54 Å². The van der Waals surface area contributed by atoms with Crippen LogP contribution in [0.3, 0.4) is 0 Å². The van der Waals surface area contributed by atoms with E-state index in [1.165, 1.54) is 4.31 Å². The van der Waals surface area contributed by atoms with E-state index in [9.17, 15) is 8.42 Å². The lowest BCUT2D eigenvalue weighted by atomic mass is 10.2. The fourth-order valence-electron chi connectivity index (χ4n) is 1.93. The van der Waals surface area contributed by atoms with E-state index in [0.717, 1.165) is 25.7 Å². The van der Waals surface area contributed by atoms with Gasteiger partial charge in [0.05, 0.1) is 6.54 Å². The molecule has 6 nitrogen and oxygen atoms in total. The van der Waals surface area contributed by atoms with Gasteiger partial charge in [-0.3, -0.25) is 0 Å². The van der Waals surface area contributed by atoms with Crippen molar-refractivity contribution in [1.82, 2.24) is 19.0 Å². The van der Waals surface area contributed by atoms with Gasteiger partial charge in [0.25, 0.3) is 10.2 Å². The number of hydrogen-bond acceptors (Lipinski definition) is 3. The summed E-state index contributed by atoms with van der Waals surface area (Å²) in [4.78, 5) is 6.85. The summed E-state index contributed by atoms with van der Waals surface area (Å²) in [6, 6.07) is 0. The fraction of sp³-hybridized carbons (Fsp3) is 0.700. The van der Waals surface area contributed by atoms with Crippen LogP contribution in [0.5, 0.6) is 0 Å². The van der Waals surface area contributed by atoms with Crippen molar-refractivity contribution >= 4 is 10.2 Å². The van der Waals surface area contributed by atoms with E-state index >= 15 is 0 Å². The number of rotatable bonds is 4. The van der Waals surface area contributed by atoms with Crippen molar-refractivity contribution in [3.8, 4) is 0 Å². The topological polar surface area (TPSA) is 78.1 Å². The van der Waals surface area contributed by atoms with Crippen LogP contribution in [0.1, 0.15) is 31.5 Å². The van der Waals surface area contributed by atoms with Crippen LogP contribution in [-0.4, -0.2) is 35.8 Å². The number of imidazole rings is 1. The number of nitrogens with one attached hydrogen (secondary N) is 2. The van der Waals surface area contributed by atoms with Crippen LogP contribution < -0.4 is 4.72 Å². The van der Waals surface area contributed by atoms with Crippen molar-refractivity contribution in [3.63, 3.8) is 0 Å². The van der Waals surface area contributed by atoms with E-state index in [1.54, 1.807) is 12.4 Å². The van der Waals surface area contributed by atoms with Gasteiger partial charge in [0, 0.05) is 25.5 Å². The van der Waals surface area contributed by atoms with Gasteiger partial charge in [-0.05, 0) is 12.8 Å². The summed E-state index contributed by atoms with van der Waals surface area (Å²) in [6.07, 6.45) is 7.41. The van der Waals surface area contributed by atoms with Crippen LogP contribution in [0, 0.1) is 0 Å². The number of aromatic amines is 1. The van der Waals surface area contributed by atoms with Crippen molar-refractivity contribution in [1.29, 1.82) is 0 Å². The molecule has 1 aromatic rings. The number of hydrogen-bond donors (Lipinski definition) is 2. The van der Waals surface area contributed by atoms with Gasteiger partial charge in [-0.15, -0.1) is 0 Å². The first-order chi connectivity index (χ1) is 8.18. The lowest BCUT2D eigenvalue weighted by molar-refractivity contribution is 0.414. The molecule has 1 aliphatic heterocycles. The zero-order chi connectivity index (χ0) is 12.1. The highest BCUT2D eigenvalue weighted by molar-refractivity contribution is 7.87. The molecule has 0 spiro atoms. The van der Waals surface area contributed by atoms with Gasteiger partial charge in [-0.1, -0.05) is 12.8 Å². The summed E-state index contributed by atoms with van der Waals surface area (Å²) in [5.41, 5.74) is 0. The van der Waals surface area contributed by atoms with E-state index in [4.69, 9.17) is 0 Å². The minimum Gasteiger partial charge on any atom is -0.347 e. The van der Waals surface area contributed by atoms with E-state index in [2.05, 4.69) is 14.7 Å². The third-order valence-electron chi connectivity index (χ3n) is 2.88. The first-order valence-corrected chi connectivity index (χ1v) is 7.35. The summed E-state index contributed by atoms with van der Waals surface area (Å²) >= 11 is 0. The predicted molar refractivity (Wildman–Crippen MR) is 64.4 cm³/mol. The summed E-state index contributed by atoms with van der Waals surface area (Å²) in [5, 5.41) is 0. The number of nitrogens with zero attached hydrogens (tertiary/aromatic N) is 2. The SMILES string of the molecule is O=S(=O)(NCc1ncc[nH]1)N1CCCCCC1. The highest BCUT2D eigenvalue weighted by Gasteiger charge is 2.22. The van der Waals surface area contributed by atoms with Gasteiger partial charge < -0.3 is 4.98 Å². The molecular weight excluding hydrogens is 240 g/mol. The Kier molecular flexibility index (Phi) is 4.14. The molecule has 7 heteroatoms. The normalized spacial score (nSPS) is 19.1. The minimum atomic E-state index is -3.36. The maximum absolute atomic E-state index is 12.0. The molecule has 2 rings (SSSR count). The van der Waals surface area contributed by atoms with Crippen molar-refractivity contribution in [2.45, 2.75) is 32.2 Å². The molecular formula is C10H18N4O2S. The number of aromatic nitrogens is 2. The second kappa shape index (κ2) is 5.61. The summed E-state index contributed by atoms with van der Waals surface area (Å²) in [6.45, 7) is 1.45. The van der Waals surface area contributed by atoms with Crippen LogP contribution >= 0.6 is 0 Å². The van der Waals surface area contributed by atoms with Crippen LogP contribution in [0.2, 0.25) is 0 Å². The maximum atomic E-state index is 12.0. The largest absolute Gasteiger partial charge is 0.347 e. The summed E-state index contributed by atoms with van der Waals surface area (Å²) in [5.74, 6) is 0.628. The molecule has 1 saturated heterocycles. The molecule has 1 fully saturated rings. The van der Waals surface area contributed by atoms with Crippen molar-refractivity contribution in [3.05, 3.63) is 18.2 Å². The average molecular weight is 258 g/mol. The van der Waals surface area contributed by atoms with Gasteiger partial charge in [0.1, 0.15) is 5.82 Å². The van der Waals surface area contributed by atoms with Gasteiger partial charge in [0.15, 0.2) is 0 Å². The lowest BCUT2D eigenvalue weighted by Crippen LogP contribution is -2.41. The van der Waals surface area contributed by atoms with Crippen LogP contribution in [0.4, 0.5) is 0 Å². The lowest BCUT2D eigenvalue weighted by Gasteiger charge is -2.19. The molecule has 2 heterocycles. The smallest absolute Gasteiger partial charge is 0.279 e. The Bertz CT molecular complexity index is 421. The average Bonchev–Trinajstić information content (AvgIpc) is 2.66. The van der Waals surface area contributed by atoms with Crippen LogP contribution in [-0.2, 0) is 16.8 Å². The van der Waals surface area contributed by atoms with Gasteiger partial charge in [0.2, 0.25) is 0 Å². The second-order valence-electron chi connectivity index (χ2n) is 4.18. The van der Waals surface area contributed by atoms with Crippen molar-refractivity contribution in [2.75, 3.05) is 13.1 Å². The highest BCUT2D eigenvalue weighted by Crippen LogP contribution is 2.12. The quantitative estimate of drug-likeness (QED) is 0.831. The zero-order valence-corrected chi connectivity index (χ0v) is 10.5. The monoisotopic (exact) mass is 258 g/mol. The Morgan fingerprint density at radius 2 is 2.00 bits per heavy atom. The molecule has 96 valence electrons. The molecule has 0 amide bonds. The molecule has 0 aliphatic carbocycles. The first kappa shape index (κ1) is 12.5. The molecule has 0 bridgehead atoms.